The lowest BCUT2D eigenvalue weighted by Gasteiger charge is -2.46. The van der Waals surface area contributed by atoms with E-state index in [0.717, 1.165) is 6.04 Å². The van der Waals surface area contributed by atoms with Gasteiger partial charge in [-0.05, 0) is 31.1 Å². The first-order valence-electron chi connectivity index (χ1n) is 7.92. The van der Waals surface area contributed by atoms with Crippen molar-refractivity contribution in [2.75, 3.05) is 0 Å². The van der Waals surface area contributed by atoms with Crippen molar-refractivity contribution in [2.24, 2.45) is 5.92 Å². The van der Waals surface area contributed by atoms with Crippen LogP contribution in [0.1, 0.15) is 27.7 Å². The first-order chi connectivity index (χ1) is 9.31. The van der Waals surface area contributed by atoms with Crippen LogP contribution in [0.25, 0.3) is 0 Å². The van der Waals surface area contributed by atoms with E-state index in [-0.39, 0.29) is 29.0 Å². The van der Waals surface area contributed by atoms with Crippen LogP contribution in [0, 0.1) is 5.92 Å². The van der Waals surface area contributed by atoms with Crippen molar-refractivity contribution in [1.29, 1.82) is 0 Å². The van der Waals surface area contributed by atoms with Gasteiger partial charge in [-0.25, -0.2) is 0 Å². The van der Waals surface area contributed by atoms with Gasteiger partial charge in [0.1, 0.15) is 0 Å². The number of nitrogens with one attached hydrogen (secondary N) is 1. The maximum absolute atomic E-state index is 12.0. The normalized spacial score (nSPS) is 25.0. The number of β-lactam (4-membered cyclic amide) rings is 1. The Morgan fingerprint density at radius 3 is 2.24 bits per heavy atom. The Balaban J connectivity index is 2.74. The second kappa shape index (κ2) is 6.01. The van der Waals surface area contributed by atoms with Gasteiger partial charge in [-0.2, -0.15) is 0 Å². The topological polar surface area (TPSA) is 38.3 Å². The van der Waals surface area contributed by atoms with Gasteiger partial charge in [0, 0.05) is 6.04 Å². The maximum Gasteiger partial charge on any atom is 0.227 e. The molecule has 0 aliphatic carbocycles. The summed E-state index contributed by atoms with van der Waals surface area (Å²) in [6.45, 7) is 21.8. The zero-order chi connectivity index (χ0) is 16.6. The lowest BCUT2D eigenvalue weighted by atomic mass is 9.87. The highest BCUT2D eigenvalue weighted by Gasteiger charge is 2.48. The SMILES string of the molecule is C=C[Si](C)(C)C[C@H]1NC(=O)[C@@H]1[C@@H](C)O[Si](C)(C)C(C)(C)C. The quantitative estimate of drug-likeness (QED) is 0.592. The first-order valence-corrected chi connectivity index (χ1v) is 14.1. The van der Waals surface area contributed by atoms with E-state index in [1.165, 1.54) is 0 Å². The number of hydrogen-bond donors (Lipinski definition) is 1. The van der Waals surface area contributed by atoms with Crippen LogP contribution in [0.5, 0.6) is 0 Å². The van der Waals surface area contributed by atoms with Crippen LogP contribution in [-0.4, -0.2) is 34.4 Å². The second-order valence-corrected chi connectivity index (χ2v) is 18.2. The molecule has 0 unspecified atom stereocenters. The highest BCUT2D eigenvalue weighted by Crippen LogP contribution is 2.39. The predicted octanol–water partition coefficient (Wildman–Crippen LogP) is 3.94. The molecule has 3 nitrogen and oxygen atoms in total. The summed E-state index contributed by atoms with van der Waals surface area (Å²) in [5.74, 6) is 0.158. The maximum atomic E-state index is 12.0. The van der Waals surface area contributed by atoms with Gasteiger partial charge in [0.25, 0.3) is 0 Å². The summed E-state index contributed by atoms with van der Waals surface area (Å²) in [5.41, 5.74) is 2.11. The van der Waals surface area contributed by atoms with Crippen molar-refractivity contribution >= 4 is 22.3 Å². The molecule has 0 aromatic rings. The summed E-state index contributed by atoms with van der Waals surface area (Å²) < 4.78 is 6.42. The van der Waals surface area contributed by atoms with E-state index < -0.39 is 16.4 Å². The summed E-state index contributed by atoms with van der Waals surface area (Å²) in [5, 5.41) is 3.24. The van der Waals surface area contributed by atoms with Crippen LogP contribution in [0.15, 0.2) is 12.3 Å². The summed E-state index contributed by atoms with van der Waals surface area (Å²) in [7, 11) is -3.25. The Hall–Kier alpha value is -0.396. The fourth-order valence-electron chi connectivity index (χ4n) is 2.54. The molecule has 1 amide bonds. The van der Waals surface area contributed by atoms with Crippen molar-refractivity contribution < 1.29 is 9.22 Å². The van der Waals surface area contributed by atoms with E-state index in [0.29, 0.717) is 0 Å². The summed E-state index contributed by atoms with van der Waals surface area (Å²) in [6.07, 6.45) is -0.000688. The molecule has 1 fully saturated rings. The van der Waals surface area contributed by atoms with Crippen molar-refractivity contribution in [3.8, 4) is 0 Å². The number of amides is 1. The third kappa shape index (κ3) is 4.30. The van der Waals surface area contributed by atoms with E-state index in [2.05, 4.69) is 71.5 Å². The van der Waals surface area contributed by atoms with Gasteiger partial charge < -0.3 is 9.74 Å². The zero-order valence-electron chi connectivity index (χ0n) is 15.0. The zero-order valence-corrected chi connectivity index (χ0v) is 17.0. The molecule has 1 aliphatic heterocycles. The summed E-state index contributed by atoms with van der Waals surface area (Å²) in [6, 6.07) is 1.31. The van der Waals surface area contributed by atoms with Crippen molar-refractivity contribution in [3.63, 3.8) is 0 Å². The minimum atomic E-state index is -1.83. The molecule has 5 heteroatoms. The Morgan fingerprint density at radius 1 is 1.33 bits per heavy atom. The number of rotatable bonds is 6. The van der Waals surface area contributed by atoms with Crippen LogP contribution in [0.4, 0.5) is 0 Å². The fourth-order valence-corrected chi connectivity index (χ4v) is 5.62. The average molecular weight is 328 g/mol. The average Bonchev–Trinajstić information content (AvgIpc) is 2.25. The van der Waals surface area contributed by atoms with Crippen molar-refractivity contribution in [2.45, 2.75) is 77.1 Å². The van der Waals surface area contributed by atoms with Crippen LogP contribution in [0.3, 0.4) is 0 Å². The number of carbonyl (C=O) groups is 1. The van der Waals surface area contributed by atoms with E-state index in [9.17, 15) is 4.79 Å². The molecule has 1 N–H and O–H groups in total. The number of carbonyl (C=O) groups excluding carboxylic acids is 1. The van der Waals surface area contributed by atoms with Crippen molar-refractivity contribution in [3.05, 3.63) is 12.3 Å². The standard InChI is InChI=1S/C16H33NO2Si2/c1-10-20(6,7)11-13-14(15(18)17-13)12(2)19-21(8,9)16(3,4)5/h10,12-14H,1,11H2,2-9H3,(H,17,18)/t12-,13-,14-/m1/s1. The van der Waals surface area contributed by atoms with Gasteiger partial charge in [-0.15, -0.1) is 12.3 Å². The fraction of sp³-hybridized carbons (Fsp3) is 0.812. The molecular weight excluding hydrogens is 294 g/mol. The highest BCUT2D eigenvalue weighted by atomic mass is 28.4. The minimum absolute atomic E-state index is 0.000688. The third-order valence-corrected chi connectivity index (χ3v) is 12.3. The molecule has 0 spiro atoms. The number of hydrogen-bond acceptors (Lipinski definition) is 2. The smallest absolute Gasteiger partial charge is 0.227 e. The van der Waals surface area contributed by atoms with Crippen LogP contribution in [-0.2, 0) is 9.22 Å². The van der Waals surface area contributed by atoms with Gasteiger partial charge in [0.2, 0.25) is 5.91 Å². The largest absolute Gasteiger partial charge is 0.413 e. The highest BCUT2D eigenvalue weighted by molar-refractivity contribution is 6.82. The summed E-state index contributed by atoms with van der Waals surface area (Å²) in [4.78, 5) is 12.0. The van der Waals surface area contributed by atoms with E-state index in [1.54, 1.807) is 0 Å². The van der Waals surface area contributed by atoms with Gasteiger partial charge in [0.15, 0.2) is 8.32 Å². The van der Waals surface area contributed by atoms with Crippen LogP contribution in [0.2, 0.25) is 37.3 Å². The molecule has 122 valence electrons. The molecule has 21 heavy (non-hydrogen) atoms. The van der Waals surface area contributed by atoms with Crippen molar-refractivity contribution in [1.82, 2.24) is 5.32 Å². The van der Waals surface area contributed by atoms with E-state index in [4.69, 9.17) is 4.43 Å². The van der Waals surface area contributed by atoms with E-state index >= 15 is 0 Å². The van der Waals surface area contributed by atoms with Gasteiger partial charge >= 0.3 is 0 Å². The monoisotopic (exact) mass is 327 g/mol. The molecule has 0 bridgehead atoms. The molecule has 1 heterocycles. The molecule has 0 radical (unpaired) electrons. The Labute approximate surface area is 132 Å². The molecule has 1 rings (SSSR count). The van der Waals surface area contributed by atoms with Gasteiger partial charge in [-0.3, -0.25) is 4.79 Å². The Bertz CT molecular complexity index is 413. The molecule has 0 aromatic heterocycles. The molecule has 1 aliphatic rings. The Kier molecular flexibility index (Phi) is 5.34. The minimum Gasteiger partial charge on any atom is -0.413 e. The second-order valence-electron chi connectivity index (χ2n) is 8.62. The first kappa shape index (κ1) is 18.7. The third-order valence-electron chi connectivity index (χ3n) is 5.15. The molecule has 1 saturated heterocycles. The van der Waals surface area contributed by atoms with Crippen LogP contribution < -0.4 is 5.32 Å². The summed E-state index contributed by atoms with van der Waals surface area (Å²) >= 11 is 0. The lowest BCUT2D eigenvalue weighted by Crippen LogP contribution is -2.65. The molecule has 0 aromatic carbocycles. The molecular formula is C16H33NO2Si2. The lowest BCUT2D eigenvalue weighted by molar-refractivity contribution is -0.139. The van der Waals surface area contributed by atoms with E-state index in [1.807, 2.05) is 0 Å². The van der Waals surface area contributed by atoms with Gasteiger partial charge in [-0.1, -0.05) is 33.9 Å². The van der Waals surface area contributed by atoms with Crippen LogP contribution >= 0.6 is 0 Å². The Morgan fingerprint density at radius 2 is 1.86 bits per heavy atom. The predicted molar refractivity (Wildman–Crippen MR) is 95.7 cm³/mol. The molecule has 3 atom stereocenters. The molecule has 0 saturated carbocycles. The van der Waals surface area contributed by atoms with Gasteiger partial charge in [0.05, 0.1) is 20.1 Å².